The van der Waals surface area contributed by atoms with Crippen LogP contribution in [0.2, 0.25) is 0 Å². The average molecular weight is 263 g/mol. The van der Waals surface area contributed by atoms with Gasteiger partial charge in [-0.2, -0.15) is 0 Å². The molecule has 1 atom stereocenters. The number of nitrogens with one attached hydrogen (secondary N) is 2. The van der Waals surface area contributed by atoms with Crippen molar-refractivity contribution in [2.24, 2.45) is 0 Å². The molecule has 1 fully saturated rings. The third-order valence-electron chi connectivity index (χ3n) is 3.49. The van der Waals surface area contributed by atoms with Crippen LogP contribution < -0.4 is 16.4 Å². The zero-order valence-corrected chi connectivity index (χ0v) is 11.5. The van der Waals surface area contributed by atoms with Crippen LogP contribution in [0.15, 0.2) is 18.2 Å². The SMILES string of the molecule is CNC(=O)c1ccc(NCC2(C)CCCO2)c(N)c1. The molecule has 1 aliphatic heterocycles. The smallest absolute Gasteiger partial charge is 0.251 e. The Morgan fingerprint density at radius 1 is 1.53 bits per heavy atom. The highest BCUT2D eigenvalue weighted by Gasteiger charge is 2.29. The van der Waals surface area contributed by atoms with Crippen LogP contribution in [0.4, 0.5) is 11.4 Å². The van der Waals surface area contributed by atoms with Crippen molar-refractivity contribution in [3.05, 3.63) is 23.8 Å². The second-order valence-electron chi connectivity index (χ2n) is 5.14. The number of hydrogen-bond donors (Lipinski definition) is 3. The molecule has 5 nitrogen and oxygen atoms in total. The van der Waals surface area contributed by atoms with E-state index in [1.807, 2.05) is 6.07 Å². The van der Waals surface area contributed by atoms with E-state index in [-0.39, 0.29) is 11.5 Å². The molecular weight excluding hydrogens is 242 g/mol. The number of hydrogen-bond acceptors (Lipinski definition) is 4. The summed E-state index contributed by atoms with van der Waals surface area (Å²) in [7, 11) is 1.60. The molecule has 0 aromatic heterocycles. The molecular formula is C14H21N3O2. The summed E-state index contributed by atoms with van der Waals surface area (Å²) in [6, 6.07) is 5.27. The minimum Gasteiger partial charge on any atom is -0.397 e. The summed E-state index contributed by atoms with van der Waals surface area (Å²) in [4.78, 5) is 11.5. The Bertz CT molecular complexity index is 468. The molecule has 2 rings (SSSR count). The molecule has 104 valence electrons. The monoisotopic (exact) mass is 263 g/mol. The van der Waals surface area contributed by atoms with E-state index in [1.54, 1.807) is 19.2 Å². The summed E-state index contributed by atoms with van der Waals surface area (Å²) in [6.45, 7) is 3.64. The van der Waals surface area contributed by atoms with Crippen LogP contribution in [0.5, 0.6) is 0 Å². The molecule has 0 radical (unpaired) electrons. The summed E-state index contributed by atoms with van der Waals surface area (Å²) >= 11 is 0. The maximum absolute atomic E-state index is 11.5. The number of carbonyl (C=O) groups is 1. The molecule has 1 aromatic carbocycles. The fraction of sp³-hybridized carbons (Fsp3) is 0.500. The van der Waals surface area contributed by atoms with Gasteiger partial charge < -0.3 is 21.1 Å². The van der Waals surface area contributed by atoms with Crippen molar-refractivity contribution in [3.8, 4) is 0 Å². The molecule has 1 amide bonds. The van der Waals surface area contributed by atoms with Gasteiger partial charge in [0.1, 0.15) is 0 Å². The van der Waals surface area contributed by atoms with Crippen LogP contribution in [0.1, 0.15) is 30.1 Å². The molecule has 1 saturated heterocycles. The Morgan fingerprint density at radius 2 is 2.32 bits per heavy atom. The number of benzene rings is 1. The molecule has 5 heteroatoms. The van der Waals surface area contributed by atoms with Gasteiger partial charge in [0.2, 0.25) is 0 Å². The molecule has 0 aliphatic carbocycles. The van der Waals surface area contributed by atoms with Gasteiger partial charge in [-0.05, 0) is 38.0 Å². The third kappa shape index (κ3) is 3.17. The molecule has 19 heavy (non-hydrogen) atoms. The second-order valence-corrected chi connectivity index (χ2v) is 5.14. The Kier molecular flexibility index (Phi) is 3.95. The van der Waals surface area contributed by atoms with Gasteiger partial charge in [-0.25, -0.2) is 0 Å². The zero-order valence-electron chi connectivity index (χ0n) is 11.5. The fourth-order valence-electron chi connectivity index (χ4n) is 2.27. The van der Waals surface area contributed by atoms with Crippen LogP contribution in [0.3, 0.4) is 0 Å². The zero-order chi connectivity index (χ0) is 13.9. The van der Waals surface area contributed by atoms with E-state index in [0.717, 1.165) is 31.7 Å². The van der Waals surface area contributed by atoms with E-state index in [4.69, 9.17) is 10.5 Å². The normalized spacial score (nSPS) is 22.2. The number of nitrogens with two attached hydrogens (primary N) is 1. The first-order valence-electron chi connectivity index (χ1n) is 6.53. The topological polar surface area (TPSA) is 76.4 Å². The van der Waals surface area contributed by atoms with E-state index < -0.39 is 0 Å². The van der Waals surface area contributed by atoms with Gasteiger partial charge in [-0.15, -0.1) is 0 Å². The lowest BCUT2D eigenvalue weighted by Gasteiger charge is -2.24. The molecule has 1 heterocycles. The number of amides is 1. The van der Waals surface area contributed by atoms with E-state index in [1.165, 1.54) is 0 Å². The minimum absolute atomic E-state index is 0.119. The largest absolute Gasteiger partial charge is 0.397 e. The van der Waals surface area contributed by atoms with Crippen molar-refractivity contribution in [1.82, 2.24) is 5.32 Å². The quantitative estimate of drug-likeness (QED) is 0.721. The molecule has 0 saturated carbocycles. The maximum atomic E-state index is 11.5. The third-order valence-corrected chi connectivity index (χ3v) is 3.49. The standard InChI is InChI=1S/C14H21N3O2/c1-14(6-3-7-19-14)9-17-12-5-4-10(8-11(12)15)13(18)16-2/h4-5,8,17H,3,6-7,9,15H2,1-2H3,(H,16,18). The van der Waals surface area contributed by atoms with Gasteiger partial charge >= 0.3 is 0 Å². The lowest BCUT2D eigenvalue weighted by Crippen LogP contribution is -2.32. The first-order chi connectivity index (χ1) is 9.04. The Labute approximate surface area is 113 Å². The van der Waals surface area contributed by atoms with Crippen LogP contribution in [-0.2, 0) is 4.74 Å². The van der Waals surface area contributed by atoms with Gasteiger partial charge in [0, 0.05) is 25.8 Å². The maximum Gasteiger partial charge on any atom is 0.251 e. The van der Waals surface area contributed by atoms with E-state index in [9.17, 15) is 4.79 Å². The molecule has 0 spiro atoms. The van der Waals surface area contributed by atoms with Crippen LogP contribution in [-0.4, -0.2) is 31.7 Å². The second kappa shape index (κ2) is 5.48. The predicted molar refractivity (Wildman–Crippen MR) is 76.3 cm³/mol. The first-order valence-corrected chi connectivity index (χ1v) is 6.53. The lowest BCUT2D eigenvalue weighted by atomic mass is 10.0. The van der Waals surface area contributed by atoms with Crippen molar-refractivity contribution in [2.45, 2.75) is 25.4 Å². The van der Waals surface area contributed by atoms with Crippen LogP contribution in [0.25, 0.3) is 0 Å². The van der Waals surface area contributed by atoms with Gasteiger partial charge in [0.25, 0.3) is 5.91 Å². The highest BCUT2D eigenvalue weighted by molar-refractivity contribution is 5.95. The Balaban J connectivity index is 2.03. The lowest BCUT2D eigenvalue weighted by molar-refractivity contribution is 0.0315. The van der Waals surface area contributed by atoms with Crippen LogP contribution in [0, 0.1) is 0 Å². The molecule has 1 aromatic rings. The molecule has 4 N–H and O–H groups in total. The predicted octanol–water partition coefficient (Wildman–Crippen LogP) is 1.61. The van der Waals surface area contributed by atoms with Crippen LogP contribution >= 0.6 is 0 Å². The first kappa shape index (κ1) is 13.7. The summed E-state index contributed by atoms with van der Waals surface area (Å²) in [6.07, 6.45) is 2.15. The summed E-state index contributed by atoms with van der Waals surface area (Å²) < 4.78 is 5.71. The summed E-state index contributed by atoms with van der Waals surface area (Å²) in [5.41, 5.74) is 7.81. The van der Waals surface area contributed by atoms with Gasteiger partial charge in [0.05, 0.1) is 17.0 Å². The van der Waals surface area contributed by atoms with E-state index in [0.29, 0.717) is 11.3 Å². The number of carbonyl (C=O) groups excluding carboxylic acids is 1. The van der Waals surface area contributed by atoms with Crippen molar-refractivity contribution in [1.29, 1.82) is 0 Å². The van der Waals surface area contributed by atoms with Crippen molar-refractivity contribution < 1.29 is 9.53 Å². The highest BCUT2D eigenvalue weighted by Crippen LogP contribution is 2.27. The van der Waals surface area contributed by atoms with Crippen molar-refractivity contribution >= 4 is 17.3 Å². The molecule has 0 bridgehead atoms. The highest BCUT2D eigenvalue weighted by atomic mass is 16.5. The number of anilines is 2. The van der Waals surface area contributed by atoms with Crippen molar-refractivity contribution in [2.75, 3.05) is 31.2 Å². The number of nitrogen functional groups attached to an aromatic ring is 1. The van der Waals surface area contributed by atoms with Gasteiger partial charge in [0.15, 0.2) is 0 Å². The van der Waals surface area contributed by atoms with Gasteiger partial charge in [-0.1, -0.05) is 0 Å². The summed E-state index contributed by atoms with van der Waals surface area (Å²) in [5, 5.41) is 5.87. The summed E-state index contributed by atoms with van der Waals surface area (Å²) in [5.74, 6) is -0.135. The number of ether oxygens (including phenoxy) is 1. The Morgan fingerprint density at radius 3 is 2.89 bits per heavy atom. The fourth-order valence-corrected chi connectivity index (χ4v) is 2.27. The molecule has 1 unspecified atom stereocenters. The van der Waals surface area contributed by atoms with E-state index >= 15 is 0 Å². The average Bonchev–Trinajstić information content (AvgIpc) is 2.83. The number of rotatable bonds is 4. The van der Waals surface area contributed by atoms with E-state index in [2.05, 4.69) is 17.6 Å². The minimum atomic E-state index is -0.135. The Hall–Kier alpha value is -1.75. The molecule has 1 aliphatic rings. The van der Waals surface area contributed by atoms with Crippen molar-refractivity contribution in [3.63, 3.8) is 0 Å². The van der Waals surface area contributed by atoms with Gasteiger partial charge in [-0.3, -0.25) is 4.79 Å².